The monoisotopic (exact) mass is 623 g/mol. The number of hydrogen-bond acceptors (Lipinski definition) is 7. The summed E-state index contributed by atoms with van der Waals surface area (Å²) in [7, 11) is 0. The van der Waals surface area contributed by atoms with Gasteiger partial charge in [0, 0.05) is 39.1 Å². The number of carbonyl (C=O) groups is 1. The number of benzene rings is 4. The molecule has 0 radical (unpaired) electrons. The lowest BCUT2D eigenvalue weighted by Crippen LogP contribution is -2.09. The summed E-state index contributed by atoms with van der Waals surface area (Å²) in [6.07, 6.45) is 5.58. The molecule has 0 fully saturated rings. The number of thiophene rings is 1. The van der Waals surface area contributed by atoms with Crippen LogP contribution in [-0.4, -0.2) is 16.1 Å². The summed E-state index contributed by atoms with van der Waals surface area (Å²) in [6.45, 7) is 0. The number of aromatic amines is 1. The molecule has 1 aliphatic rings. The van der Waals surface area contributed by atoms with E-state index in [9.17, 15) is 15.2 Å². The molecule has 4 N–H and O–H groups in total. The predicted molar refractivity (Wildman–Crippen MR) is 188 cm³/mol. The molecule has 0 saturated heterocycles. The Balaban J connectivity index is 1.16. The molecule has 0 spiro atoms. The quantitative estimate of drug-likeness (QED) is 0.0760. The molecule has 0 aliphatic carbocycles. The fourth-order valence-electron chi connectivity index (χ4n) is 5.35. The van der Waals surface area contributed by atoms with Crippen molar-refractivity contribution in [2.75, 3.05) is 14.3 Å². The van der Waals surface area contributed by atoms with Crippen molar-refractivity contribution in [3.63, 3.8) is 0 Å². The smallest absolute Gasteiger partial charge is 0.346 e. The van der Waals surface area contributed by atoms with Gasteiger partial charge in [-0.15, -0.1) is 11.3 Å². The highest BCUT2D eigenvalue weighted by Gasteiger charge is 2.22. The first-order valence-electron chi connectivity index (χ1n) is 14.1. The van der Waals surface area contributed by atoms with Gasteiger partial charge in [-0.1, -0.05) is 54.6 Å². The number of hydrogen-bond donors (Lipinski definition) is 4. The third-order valence-corrected chi connectivity index (χ3v) is 9.15. The molecule has 0 bridgehead atoms. The van der Waals surface area contributed by atoms with E-state index >= 15 is 0 Å². The van der Waals surface area contributed by atoms with Crippen LogP contribution in [0.4, 0.5) is 28.4 Å². The molecule has 6 aromatic rings. The topological polar surface area (TPSA) is 104 Å². The lowest BCUT2D eigenvalue weighted by atomic mass is 10.0. The number of anilines is 5. The minimum absolute atomic E-state index is 0.315. The van der Waals surface area contributed by atoms with E-state index in [2.05, 4.69) is 86.1 Å². The Labute approximate surface area is 268 Å². The van der Waals surface area contributed by atoms with Crippen LogP contribution in [0.2, 0.25) is 0 Å². The highest BCUT2D eigenvalue weighted by Crippen LogP contribution is 2.46. The normalized spacial score (nSPS) is 12.5. The van der Waals surface area contributed by atoms with Crippen molar-refractivity contribution in [3.05, 3.63) is 131 Å². The average molecular weight is 624 g/mol. The zero-order chi connectivity index (χ0) is 30.8. The predicted octanol–water partition coefficient (Wildman–Crippen LogP) is 9.93. The van der Waals surface area contributed by atoms with Gasteiger partial charge in [-0.3, -0.25) is 0 Å². The molecular weight excluding hydrogens is 599 g/mol. The number of carboxylic acids is 1. The number of rotatable bonds is 8. The van der Waals surface area contributed by atoms with Crippen LogP contribution in [-0.2, 0) is 4.79 Å². The summed E-state index contributed by atoms with van der Waals surface area (Å²) in [6, 6.07) is 37.1. The molecule has 0 unspecified atom stereocenters. The van der Waals surface area contributed by atoms with Crippen LogP contribution < -0.4 is 14.3 Å². The molecule has 7 rings (SSSR count). The maximum absolute atomic E-state index is 11.6. The summed E-state index contributed by atoms with van der Waals surface area (Å²) >= 11 is 2.88. The summed E-state index contributed by atoms with van der Waals surface area (Å²) in [4.78, 5) is 18.4. The number of carboxylic acid groups (broad SMARTS) is 1. The van der Waals surface area contributed by atoms with E-state index in [1.165, 1.54) is 18.2 Å². The molecule has 45 heavy (non-hydrogen) atoms. The van der Waals surface area contributed by atoms with Crippen LogP contribution in [0.25, 0.3) is 39.6 Å². The first-order chi connectivity index (χ1) is 22.1. The number of aromatic nitrogens is 1. The molecule has 0 amide bonds. The maximum Gasteiger partial charge on any atom is 0.346 e. The Morgan fingerprint density at radius 3 is 2.18 bits per heavy atom. The summed E-state index contributed by atoms with van der Waals surface area (Å²) in [5, 5.41) is 22.7. The Hall–Kier alpha value is -5.69. The molecule has 3 heterocycles. The SMILES string of the molecule is N#C/C(=C\c1c2c(cc3c(-c4ccc(/C=C/c5ccc(N(c6ccccc6)c6ccccc6)cc5)[nH]4)scc13)NSN2)C(=O)O. The van der Waals surface area contributed by atoms with E-state index in [1.54, 1.807) is 17.4 Å². The van der Waals surface area contributed by atoms with Crippen LogP contribution in [0.1, 0.15) is 16.8 Å². The minimum atomic E-state index is -1.25. The van der Waals surface area contributed by atoms with E-state index < -0.39 is 5.97 Å². The average Bonchev–Trinajstić information content (AvgIpc) is 3.84. The largest absolute Gasteiger partial charge is 0.477 e. The van der Waals surface area contributed by atoms with Crippen LogP contribution in [0.3, 0.4) is 0 Å². The van der Waals surface area contributed by atoms with Gasteiger partial charge in [0.25, 0.3) is 0 Å². The van der Waals surface area contributed by atoms with Crippen molar-refractivity contribution < 1.29 is 9.90 Å². The molecule has 4 aromatic carbocycles. The first kappa shape index (κ1) is 28.1. The lowest BCUT2D eigenvalue weighted by molar-refractivity contribution is -0.132. The molecule has 7 nitrogen and oxygen atoms in total. The van der Waals surface area contributed by atoms with Gasteiger partial charge in [-0.25, -0.2) is 4.79 Å². The number of fused-ring (bicyclic) bond motifs is 2. The van der Waals surface area contributed by atoms with E-state index in [-0.39, 0.29) is 5.57 Å². The highest BCUT2D eigenvalue weighted by atomic mass is 32.2. The van der Waals surface area contributed by atoms with Crippen molar-refractivity contribution in [2.45, 2.75) is 0 Å². The van der Waals surface area contributed by atoms with Crippen molar-refractivity contribution in [2.24, 2.45) is 0 Å². The maximum atomic E-state index is 11.6. The second-order valence-corrected chi connectivity index (χ2v) is 11.8. The standard InChI is InChI=1S/C36H25N5O2S2/c37-21-24(36(42)43)19-29-31-22-44-35(30(31)20-33-34(29)40-45-39-33)32-18-15-25(38-32)14-11-23-12-16-28(17-13-23)41(26-7-3-1-4-8-26)27-9-5-2-6-10-27/h1-20,22,38-40H,(H,42,43)/b14-11+,24-19+. The Morgan fingerprint density at radius 2 is 1.51 bits per heavy atom. The summed E-state index contributed by atoms with van der Waals surface area (Å²) < 4.78 is 6.41. The number of aliphatic carboxylic acids is 1. The molecule has 1 aliphatic heterocycles. The number of nitrogens with one attached hydrogen (secondary N) is 3. The van der Waals surface area contributed by atoms with E-state index in [0.717, 1.165) is 61.0 Å². The molecule has 0 saturated carbocycles. The molecule has 2 aromatic heterocycles. The molecule has 218 valence electrons. The zero-order valence-electron chi connectivity index (χ0n) is 23.7. The van der Waals surface area contributed by atoms with Gasteiger partial charge in [0.05, 0.1) is 34.1 Å². The summed E-state index contributed by atoms with van der Waals surface area (Å²) in [5.41, 5.74) is 8.23. The Bertz CT molecular complexity index is 2090. The lowest BCUT2D eigenvalue weighted by Gasteiger charge is -2.25. The molecular formula is C36H25N5O2S2. The van der Waals surface area contributed by atoms with Crippen molar-refractivity contribution in [1.82, 2.24) is 4.98 Å². The van der Waals surface area contributed by atoms with Crippen LogP contribution in [0.15, 0.2) is 114 Å². The Morgan fingerprint density at radius 1 is 0.822 bits per heavy atom. The first-order valence-corrected chi connectivity index (χ1v) is 15.8. The number of para-hydroxylation sites is 2. The van der Waals surface area contributed by atoms with Crippen LogP contribution in [0, 0.1) is 11.3 Å². The fourth-order valence-corrected chi connectivity index (χ4v) is 7.02. The second kappa shape index (κ2) is 12.1. The minimum Gasteiger partial charge on any atom is -0.477 e. The molecule has 9 heteroatoms. The highest BCUT2D eigenvalue weighted by molar-refractivity contribution is 8.02. The zero-order valence-corrected chi connectivity index (χ0v) is 25.3. The number of nitriles is 1. The number of H-pyrrole nitrogens is 1. The summed E-state index contributed by atoms with van der Waals surface area (Å²) in [5.74, 6) is -1.25. The van der Waals surface area contributed by atoms with E-state index in [4.69, 9.17) is 0 Å². The van der Waals surface area contributed by atoms with Crippen LogP contribution in [0.5, 0.6) is 0 Å². The van der Waals surface area contributed by atoms with Gasteiger partial charge in [-0.2, -0.15) is 5.26 Å². The van der Waals surface area contributed by atoms with E-state index in [1.807, 2.05) is 53.9 Å². The van der Waals surface area contributed by atoms with Crippen LogP contribution >= 0.6 is 23.5 Å². The van der Waals surface area contributed by atoms with Gasteiger partial charge in [0.2, 0.25) is 0 Å². The van der Waals surface area contributed by atoms with Crippen molar-refractivity contribution >= 4 is 86.9 Å². The third-order valence-electron chi connectivity index (χ3n) is 7.49. The van der Waals surface area contributed by atoms with E-state index in [0.29, 0.717) is 5.56 Å². The Kier molecular flexibility index (Phi) is 7.57. The van der Waals surface area contributed by atoms with Gasteiger partial charge >= 0.3 is 5.97 Å². The third kappa shape index (κ3) is 5.56. The second-order valence-electron chi connectivity index (χ2n) is 10.3. The van der Waals surface area contributed by atoms with Gasteiger partial charge in [0.15, 0.2) is 0 Å². The molecule has 0 atom stereocenters. The van der Waals surface area contributed by atoms with Gasteiger partial charge in [-0.05, 0) is 77.7 Å². The fraction of sp³-hybridized carbons (Fsp3) is 0. The van der Waals surface area contributed by atoms with Crippen molar-refractivity contribution in [1.29, 1.82) is 5.26 Å². The van der Waals surface area contributed by atoms with Crippen molar-refractivity contribution in [3.8, 4) is 16.6 Å². The van der Waals surface area contributed by atoms with Gasteiger partial charge in [0.1, 0.15) is 11.6 Å². The number of nitrogens with zero attached hydrogens (tertiary/aromatic N) is 2. The van der Waals surface area contributed by atoms with Gasteiger partial charge < -0.3 is 24.4 Å².